The monoisotopic (exact) mass is 565 g/mol. The first-order valence-corrected chi connectivity index (χ1v) is 13.4. The molecule has 0 saturated carbocycles. The number of hydrogen-bond acceptors (Lipinski definition) is 7. The zero-order valence-corrected chi connectivity index (χ0v) is 23.2. The van der Waals surface area contributed by atoms with Crippen LogP contribution < -0.4 is 19.4 Å². The van der Waals surface area contributed by atoms with E-state index < -0.39 is 29.8 Å². The number of anilines is 2. The van der Waals surface area contributed by atoms with Crippen LogP contribution in [0.25, 0.3) is 0 Å². The number of esters is 1. The van der Waals surface area contributed by atoms with Gasteiger partial charge in [0.15, 0.2) is 0 Å². The number of carbonyl (C=O) groups excluding carboxylic acids is 1. The highest BCUT2D eigenvalue weighted by atomic mass is 19.4. The lowest BCUT2D eigenvalue weighted by atomic mass is 9.94. The third kappa shape index (κ3) is 6.62. The summed E-state index contributed by atoms with van der Waals surface area (Å²) in [4.78, 5) is 13.9. The maximum absolute atomic E-state index is 14.6. The molecule has 7 nitrogen and oxygen atoms in total. The van der Waals surface area contributed by atoms with Gasteiger partial charge in [-0.3, -0.25) is 9.80 Å². The Hall–Kier alpha value is -3.50. The van der Waals surface area contributed by atoms with Crippen LogP contribution in [0.4, 0.5) is 28.9 Å². The van der Waals surface area contributed by atoms with E-state index in [0.717, 1.165) is 0 Å². The lowest BCUT2D eigenvalue weighted by Gasteiger charge is -2.38. The van der Waals surface area contributed by atoms with Crippen molar-refractivity contribution < 1.29 is 36.6 Å². The molecule has 0 N–H and O–H groups in total. The van der Waals surface area contributed by atoms with Gasteiger partial charge in [0.2, 0.25) is 0 Å². The van der Waals surface area contributed by atoms with E-state index in [9.17, 15) is 22.4 Å². The summed E-state index contributed by atoms with van der Waals surface area (Å²) in [7, 11) is 1.20. The number of ether oxygens (including phenoxy) is 3. The summed E-state index contributed by atoms with van der Waals surface area (Å²) >= 11 is 0. The summed E-state index contributed by atoms with van der Waals surface area (Å²) in [5, 5.41) is 5.07. The summed E-state index contributed by atoms with van der Waals surface area (Å²) in [6.07, 6.45) is -4.34. The summed E-state index contributed by atoms with van der Waals surface area (Å²) in [5.74, 6) is -0.681. The minimum Gasteiger partial charge on any atom is -0.491 e. The Morgan fingerprint density at radius 1 is 1.10 bits per heavy atom. The zero-order valence-electron chi connectivity index (χ0n) is 23.2. The molecule has 0 aliphatic carbocycles. The quantitative estimate of drug-likeness (QED) is 0.280. The van der Waals surface area contributed by atoms with Crippen molar-refractivity contribution in [2.45, 2.75) is 65.0 Å². The van der Waals surface area contributed by atoms with Crippen LogP contribution in [-0.2, 0) is 9.53 Å². The molecule has 2 aromatic rings. The van der Waals surface area contributed by atoms with Crippen LogP contribution in [0.1, 0.15) is 40.5 Å². The van der Waals surface area contributed by atoms with E-state index in [4.69, 9.17) is 14.2 Å². The van der Waals surface area contributed by atoms with Gasteiger partial charge in [-0.15, -0.1) is 0 Å². The van der Waals surface area contributed by atoms with Gasteiger partial charge in [-0.25, -0.2) is 4.39 Å². The summed E-state index contributed by atoms with van der Waals surface area (Å²) < 4.78 is 72.0. The van der Waals surface area contributed by atoms with E-state index >= 15 is 0 Å². The van der Waals surface area contributed by atoms with Gasteiger partial charge in [-0.05, 0) is 50.2 Å². The topological polar surface area (TPSA) is 63.6 Å². The Labute approximate surface area is 231 Å². The Kier molecular flexibility index (Phi) is 8.80. The molecule has 0 radical (unpaired) electrons. The molecule has 0 spiro atoms. The van der Waals surface area contributed by atoms with Crippen LogP contribution in [0.2, 0.25) is 0 Å². The molecule has 40 heavy (non-hydrogen) atoms. The van der Waals surface area contributed by atoms with E-state index in [1.807, 2.05) is 25.7 Å². The molecule has 0 aromatic heterocycles. The molecule has 218 valence electrons. The number of piperidine rings is 1. The number of methoxy groups -OCH3 is 1. The number of benzene rings is 2. The number of carbonyl (C=O) groups is 1. The van der Waals surface area contributed by atoms with Crippen LogP contribution in [0, 0.1) is 17.7 Å². The number of hydrazone groups is 1. The standard InChI is InChI=1S/C29H35F4N3O4/c1-17(2)39-22-10-11-23(30)25(14-22)35-13-12-26(18(3)16-35)40-21-8-6-20(7-9-21)36-24(15-27(37)38-5)19(4)28(34-36)29(31,32)33/h6-11,14,17-19,24,26H,12-13,15-16H2,1-5H3/t18?,19-,24-,26?/m0/s1. The zero-order chi connectivity index (χ0) is 29.2. The first kappa shape index (κ1) is 29.5. The van der Waals surface area contributed by atoms with Crippen LogP contribution >= 0.6 is 0 Å². The van der Waals surface area contributed by atoms with E-state index in [0.29, 0.717) is 42.4 Å². The molecule has 2 heterocycles. The minimum absolute atomic E-state index is 0.0196. The predicted molar refractivity (Wildman–Crippen MR) is 145 cm³/mol. The summed E-state index contributed by atoms with van der Waals surface area (Å²) in [6, 6.07) is 10.6. The van der Waals surface area contributed by atoms with E-state index in [1.165, 1.54) is 25.1 Å². The Bertz CT molecular complexity index is 1220. The number of hydrogen-bond donors (Lipinski definition) is 0. The molecule has 0 bridgehead atoms. The van der Waals surface area contributed by atoms with Gasteiger partial charge in [0.05, 0.1) is 37.1 Å². The number of rotatable bonds is 8. The van der Waals surface area contributed by atoms with E-state index in [2.05, 4.69) is 5.10 Å². The third-order valence-electron chi connectivity index (χ3n) is 7.28. The van der Waals surface area contributed by atoms with Crippen molar-refractivity contribution in [3.8, 4) is 11.5 Å². The van der Waals surface area contributed by atoms with Crippen LogP contribution in [0.3, 0.4) is 0 Å². The first-order valence-electron chi connectivity index (χ1n) is 13.4. The lowest BCUT2D eigenvalue weighted by molar-refractivity contribution is -0.141. The second-order valence-electron chi connectivity index (χ2n) is 10.6. The maximum Gasteiger partial charge on any atom is 0.431 e. The van der Waals surface area contributed by atoms with Gasteiger partial charge in [-0.2, -0.15) is 18.3 Å². The smallest absolute Gasteiger partial charge is 0.431 e. The normalized spacial score (nSPS) is 23.3. The van der Waals surface area contributed by atoms with E-state index in [-0.39, 0.29) is 30.4 Å². The molecule has 1 fully saturated rings. The minimum atomic E-state index is -4.61. The Morgan fingerprint density at radius 2 is 1.77 bits per heavy atom. The fourth-order valence-corrected chi connectivity index (χ4v) is 5.21. The van der Waals surface area contributed by atoms with Crippen molar-refractivity contribution in [3.63, 3.8) is 0 Å². The van der Waals surface area contributed by atoms with Gasteiger partial charge in [-0.1, -0.05) is 13.8 Å². The van der Waals surface area contributed by atoms with Crippen molar-refractivity contribution in [1.82, 2.24) is 0 Å². The van der Waals surface area contributed by atoms with Crippen molar-refractivity contribution in [2.75, 3.05) is 30.1 Å². The van der Waals surface area contributed by atoms with Crippen molar-refractivity contribution in [1.29, 1.82) is 0 Å². The van der Waals surface area contributed by atoms with E-state index in [1.54, 1.807) is 36.4 Å². The maximum atomic E-state index is 14.6. The predicted octanol–water partition coefficient (Wildman–Crippen LogP) is 6.21. The second kappa shape index (κ2) is 11.9. The van der Waals surface area contributed by atoms with Gasteiger partial charge >= 0.3 is 12.1 Å². The second-order valence-corrected chi connectivity index (χ2v) is 10.6. The molecular formula is C29H35F4N3O4. The highest BCUT2D eigenvalue weighted by molar-refractivity contribution is 5.96. The molecular weight excluding hydrogens is 530 g/mol. The molecule has 2 aromatic carbocycles. The number of alkyl halides is 3. The van der Waals surface area contributed by atoms with Gasteiger partial charge in [0.25, 0.3) is 0 Å². The van der Waals surface area contributed by atoms with Crippen LogP contribution in [0.15, 0.2) is 47.6 Å². The third-order valence-corrected chi connectivity index (χ3v) is 7.28. The average molecular weight is 566 g/mol. The number of halogens is 4. The molecule has 2 unspecified atom stereocenters. The summed E-state index contributed by atoms with van der Waals surface area (Å²) in [6.45, 7) is 8.45. The fourth-order valence-electron chi connectivity index (χ4n) is 5.21. The van der Waals surface area contributed by atoms with Gasteiger partial charge < -0.3 is 19.1 Å². The fraction of sp³-hybridized carbons (Fsp3) is 0.517. The summed E-state index contributed by atoms with van der Waals surface area (Å²) in [5.41, 5.74) is -0.0258. The molecule has 2 aliphatic heterocycles. The first-order chi connectivity index (χ1) is 18.9. The van der Waals surface area contributed by atoms with Crippen LogP contribution in [-0.4, -0.2) is 56.3 Å². The Morgan fingerprint density at radius 3 is 2.38 bits per heavy atom. The largest absolute Gasteiger partial charge is 0.491 e. The number of nitrogens with zero attached hydrogens (tertiary/aromatic N) is 3. The average Bonchev–Trinajstić information content (AvgIpc) is 3.22. The highest BCUT2D eigenvalue weighted by Crippen LogP contribution is 2.37. The highest BCUT2D eigenvalue weighted by Gasteiger charge is 2.49. The lowest BCUT2D eigenvalue weighted by Crippen LogP contribution is -2.44. The van der Waals surface area contributed by atoms with Crippen LogP contribution in [0.5, 0.6) is 11.5 Å². The van der Waals surface area contributed by atoms with Gasteiger partial charge in [0, 0.05) is 37.4 Å². The molecule has 1 saturated heterocycles. The van der Waals surface area contributed by atoms with Gasteiger partial charge in [0.1, 0.15) is 29.1 Å². The molecule has 2 aliphatic rings. The van der Waals surface area contributed by atoms with Crippen molar-refractivity contribution in [3.05, 3.63) is 48.3 Å². The van der Waals surface area contributed by atoms with Crippen molar-refractivity contribution >= 4 is 23.1 Å². The SMILES string of the molecule is COC(=O)C[C@H]1[C@H](C)C(C(F)(F)F)=NN1c1ccc(OC2CCN(c3cc(OC(C)C)ccc3F)CC2C)cc1. The molecule has 4 atom stereocenters. The van der Waals surface area contributed by atoms with Crippen molar-refractivity contribution in [2.24, 2.45) is 16.9 Å². The molecule has 11 heteroatoms. The molecule has 4 rings (SSSR count). The Balaban J connectivity index is 1.43. The molecule has 0 amide bonds.